The first-order chi connectivity index (χ1) is 9.77. The lowest BCUT2D eigenvalue weighted by molar-refractivity contribution is 0.530. The van der Waals surface area contributed by atoms with Gasteiger partial charge in [-0.1, -0.05) is 117 Å². The van der Waals surface area contributed by atoms with E-state index in [2.05, 4.69) is 20.8 Å². The summed E-state index contributed by atoms with van der Waals surface area (Å²) >= 11 is 0. The molecular formula is C20H41. The predicted molar refractivity (Wildman–Crippen MR) is 94.1 cm³/mol. The molecule has 0 heteroatoms. The van der Waals surface area contributed by atoms with Gasteiger partial charge in [0.2, 0.25) is 0 Å². The number of hydrogen-bond donors (Lipinski definition) is 0. The lowest BCUT2D eigenvalue weighted by Gasteiger charge is -2.04. The van der Waals surface area contributed by atoms with Crippen molar-refractivity contribution in [2.45, 2.75) is 124 Å². The van der Waals surface area contributed by atoms with Gasteiger partial charge in [0, 0.05) is 0 Å². The molecule has 0 atom stereocenters. The molecule has 1 radical (unpaired) electrons. The molecule has 0 spiro atoms. The first-order valence-electron chi connectivity index (χ1n) is 9.56. The Hall–Kier alpha value is 0. The normalized spacial score (nSPS) is 11.4. The minimum absolute atomic E-state index is 1.35. The molecule has 0 fully saturated rings. The van der Waals surface area contributed by atoms with Crippen molar-refractivity contribution in [3.8, 4) is 0 Å². The minimum Gasteiger partial charge on any atom is -0.0654 e. The Morgan fingerprint density at radius 1 is 0.450 bits per heavy atom. The van der Waals surface area contributed by atoms with E-state index in [-0.39, 0.29) is 0 Å². The summed E-state index contributed by atoms with van der Waals surface area (Å²) in [5, 5.41) is 0. The summed E-state index contributed by atoms with van der Waals surface area (Å²) in [7, 11) is 0. The first-order valence-corrected chi connectivity index (χ1v) is 9.56. The molecule has 0 rings (SSSR count). The fourth-order valence-corrected chi connectivity index (χ4v) is 2.85. The van der Waals surface area contributed by atoms with Crippen LogP contribution in [-0.2, 0) is 0 Å². The van der Waals surface area contributed by atoms with Gasteiger partial charge < -0.3 is 0 Å². The van der Waals surface area contributed by atoms with E-state index in [1.165, 1.54) is 103 Å². The minimum atomic E-state index is 1.35. The summed E-state index contributed by atoms with van der Waals surface area (Å²) in [5.74, 6) is 1.60. The average molecular weight is 282 g/mol. The van der Waals surface area contributed by atoms with Crippen molar-refractivity contribution in [2.75, 3.05) is 0 Å². The largest absolute Gasteiger partial charge is 0.0654 e. The number of unbranched alkanes of at least 4 members (excludes halogenated alkanes) is 14. The molecule has 20 heavy (non-hydrogen) atoms. The van der Waals surface area contributed by atoms with Crippen LogP contribution in [0.15, 0.2) is 0 Å². The van der Waals surface area contributed by atoms with Gasteiger partial charge in [0.15, 0.2) is 0 Å². The Kier molecular flexibility index (Phi) is 17.1. The maximum atomic E-state index is 2.29. The van der Waals surface area contributed by atoms with Gasteiger partial charge in [0.05, 0.1) is 0 Å². The Morgan fingerprint density at radius 3 is 1.05 bits per heavy atom. The highest BCUT2D eigenvalue weighted by Crippen LogP contribution is 2.15. The molecule has 0 saturated carbocycles. The van der Waals surface area contributed by atoms with E-state index in [0.29, 0.717) is 0 Å². The molecule has 0 heterocycles. The van der Waals surface area contributed by atoms with E-state index >= 15 is 0 Å². The zero-order valence-electron chi connectivity index (χ0n) is 14.8. The third kappa shape index (κ3) is 18.0. The molecule has 121 valence electrons. The molecule has 0 amide bonds. The molecular weight excluding hydrogens is 240 g/mol. The molecule has 0 bridgehead atoms. The van der Waals surface area contributed by atoms with E-state index in [1.54, 1.807) is 5.92 Å². The van der Waals surface area contributed by atoms with Crippen molar-refractivity contribution >= 4 is 0 Å². The fraction of sp³-hybridized carbons (Fsp3) is 0.950. The van der Waals surface area contributed by atoms with Crippen molar-refractivity contribution in [2.24, 2.45) is 0 Å². The van der Waals surface area contributed by atoms with Crippen LogP contribution in [0.2, 0.25) is 0 Å². The molecule has 0 saturated heterocycles. The Bertz CT molecular complexity index is 159. The van der Waals surface area contributed by atoms with Gasteiger partial charge in [-0.15, -0.1) is 0 Å². The molecule has 0 unspecified atom stereocenters. The van der Waals surface area contributed by atoms with Gasteiger partial charge in [-0.05, 0) is 12.3 Å². The second kappa shape index (κ2) is 17.1. The van der Waals surface area contributed by atoms with Crippen molar-refractivity contribution in [1.82, 2.24) is 0 Å². The summed E-state index contributed by atoms with van der Waals surface area (Å²) in [6, 6.07) is 0. The number of hydrogen-bond acceptors (Lipinski definition) is 0. The smallest absolute Gasteiger partial charge is 0.0303 e. The lowest BCUT2D eigenvalue weighted by atomic mass is 10.0. The van der Waals surface area contributed by atoms with E-state index < -0.39 is 0 Å². The van der Waals surface area contributed by atoms with E-state index in [0.717, 1.165) is 0 Å². The van der Waals surface area contributed by atoms with Gasteiger partial charge >= 0.3 is 0 Å². The van der Waals surface area contributed by atoms with Crippen LogP contribution >= 0.6 is 0 Å². The predicted octanol–water partition coefficient (Wildman–Crippen LogP) is 7.86. The highest BCUT2D eigenvalue weighted by atomic mass is 14.0. The average Bonchev–Trinajstić information content (AvgIpc) is 2.43. The molecule has 0 aromatic carbocycles. The molecule has 0 N–H and O–H groups in total. The quantitative estimate of drug-likeness (QED) is 0.252. The second-order valence-corrected chi connectivity index (χ2v) is 6.91. The monoisotopic (exact) mass is 281 g/mol. The van der Waals surface area contributed by atoms with Gasteiger partial charge in [0.1, 0.15) is 0 Å². The first kappa shape index (κ1) is 20.0. The van der Waals surface area contributed by atoms with Gasteiger partial charge in [0.25, 0.3) is 0 Å². The summed E-state index contributed by atoms with van der Waals surface area (Å²) in [6.07, 6.45) is 23.3. The highest BCUT2D eigenvalue weighted by molar-refractivity contribution is 4.75. The Morgan fingerprint density at radius 2 is 0.750 bits per heavy atom. The summed E-state index contributed by atoms with van der Waals surface area (Å²) in [6.45, 7) is 6.80. The fourth-order valence-electron chi connectivity index (χ4n) is 2.85. The van der Waals surface area contributed by atoms with Crippen LogP contribution in [0, 0.1) is 5.92 Å². The molecule has 0 aliphatic heterocycles. The lowest BCUT2D eigenvalue weighted by Crippen LogP contribution is -1.86. The Balaban J connectivity index is 2.92. The van der Waals surface area contributed by atoms with Crippen LogP contribution in [-0.4, -0.2) is 0 Å². The zero-order valence-corrected chi connectivity index (χ0v) is 14.8. The maximum Gasteiger partial charge on any atom is -0.0303 e. The zero-order chi connectivity index (χ0) is 14.9. The van der Waals surface area contributed by atoms with Crippen LogP contribution in [0.5, 0.6) is 0 Å². The van der Waals surface area contributed by atoms with Crippen molar-refractivity contribution in [3.05, 3.63) is 5.92 Å². The van der Waals surface area contributed by atoms with Crippen molar-refractivity contribution in [3.63, 3.8) is 0 Å². The van der Waals surface area contributed by atoms with Crippen molar-refractivity contribution < 1.29 is 0 Å². The SMILES string of the molecule is CCCCCCCCCCCCCCCCC[C](C)C. The molecule has 0 nitrogen and oxygen atoms in total. The third-order valence-corrected chi connectivity index (χ3v) is 4.28. The van der Waals surface area contributed by atoms with E-state index in [4.69, 9.17) is 0 Å². The molecule has 0 aromatic rings. The second-order valence-electron chi connectivity index (χ2n) is 6.91. The van der Waals surface area contributed by atoms with Crippen LogP contribution in [0.3, 0.4) is 0 Å². The van der Waals surface area contributed by atoms with Gasteiger partial charge in [-0.25, -0.2) is 0 Å². The van der Waals surface area contributed by atoms with E-state index in [1.807, 2.05) is 0 Å². The standard InChI is InChI=1S/C20H41/c1-4-5-6-7-8-9-10-11-12-13-14-15-16-17-18-19-20(2)3/h4-19H2,1-3H3. The molecule has 0 aliphatic rings. The summed E-state index contributed by atoms with van der Waals surface area (Å²) in [4.78, 5) is 0. The summed E-state index contributed by atoms with van der Waals surface area (Å²) in [5.41, 5.74) is 0. The van der Waals surface area contributed by atoms with Gasteiger partial charge in [-0.3, -0.25) is 0 Å². The molecule has 0 aromatic heterocycles. The topological polar surface area (TPSA) is 0 Å². The number of rotatable bonds is 16. The Labute approximate surface area is 130 Å². The third-order valence-electron chi connectivity index (χ3n) is 4.28. The van der Waals surface area contributed by atoms with E-state index in [9.17, 15) is 0 Å². The molecule has 0 aliphatic carbocycles. The van der Waals surface area contributed by atoms with Crippen LogP contribution in [0.1, 0.15) is 124 Å². The maximum absolute atomic E-state index is 2.29. The highest BCUT2D eigenvalue weighted by Gasteiger charge is 1.96. The van der Waals surface area contributed by atoms with Gasteiger partial charge in [-0.2, -0.15) is 0 Å². The summed E-state index contributed by atoms with van der Waals surface area (Å²) < 4.78 is 0. The van der Waals surface area contributed by atoms with Crippen LogP contribution in [0.4, 0.5) is 0 Å². The van der Waals surface area contributed by atoms with Crippen molar-refractivity contribution in [1.29, 1.82) is 0 Å². The van der Waals surface area contributed by atoms with Crippen LogP contribution in [0.25, 0.3) is 0 Å². The van der Waals surface area contributed by atoms with Crippen LogP contribution < -0.4 is 0 Å².